The highest BCUT2D eigenvalue weighted by Crippen LogP contribution is 2.31. The maximum Gasteiger partial charge on any atom is 0.264 e. The van der Waals surface area contributed by atoms with E-state index < -0.39 is 28.5 Å². The third kappa shape index (κ3) is 7.90. The molecule has 0 heterocycles. The van der Waals surface area contributed by atoms with Crippen LogP contribution < -0.4 is 9.62 Å². The number of carbonyl (C=O) groups is 2. The number of nitrogens with zero attached hydrogens (tertiary/aromatic N) is 2. The van der Waals surface area contributed by atoms with Crippen molar-refractivity contribution in [2.45, 2.75) is 69.5 Å². The van der Waals surface area contributed by atoms with Crippen molar-refractivity contribution in [3.63, 3.8) is 0 Å². The van der Waals surface area contributed by atoms with Gasteiger partial charge in [0.05, 0.1) is 15.6 Å². The monoisotopic (exact) mass is 659 g/mol. The van der Waals surface area contributed by atoms with E-state index in [1.165, 1.54) is 17.0 Å². The van der Waals surface area contributed by atoms with Crippen LogP contribution in [-0.4, -0.2) is 43.8 Å². The van der Waals surface area contributed by atoms with E-state index in [0.29, 0.717) is 0 Å². The van der Waals surface area contributed by atoms with Gasteiger partial charge in [-0.1, -0.05) is 88.8 Å². The Hall–Kier alpha value is -2.88. The summed E-state index contributed by atoms with van der Waals surface area (Å²) in [5, 5.41) is 3.30. The van der Waals surface area contributed by atoms with E-state index in [4.69, 9.17) is 11.6 Å². The summed E-state index contributed by atoms with van der Waals surface area (Å²) in [5.41, 5.74) is 1.90. The van der Waals surface area contributed by atoms with Crippen LogP contribution in [0.15, 0.2) is 82.2 Å². The molecule has 1 aliphatic carbocycles. The van der Waals surface area contributed by atoms with Crippen LogP contribution in [0.2, 0.25) is 5.02 Å². The van der Waals surface area contributed by atoms with Crippen LogP contribution in [-0.2, 0) is 26.2 Å². The molecule has 3 aromatic rings. The zero-order valence-corrected chi connectivity index (χ0v) is 26.4. The van der Waals surface area contributed by atoms with E-state index in [-0.39, 0.29) is 34.1 Å². The minimum Gasteiger partial charge on any atom is -0.352 e. The molecule has 3 aromatic carbocycles. The molecule has 7 nitrogen and oxygen atoms in total. The average Bonchev–Trinajstić information content (AvgIpc) is 2.96. The van der Waals surface area contributed by atoms with Crippen LogP contribution in [0.3, 0.4) is 0 Å². The number of hydrogen-bond donors (Lipinski definition) is 1. The van der Waals surface area contributed by atoms with Gasteiger partial charge in [0.25, 0.3) is 10.0 Å². The van der Waals surface area contributed by atoms with Gasteiger partial charge in [-0.3, -0.25) is 13.9 Å². The van der Waals surface area contributed by atoms with Gasteiger partial charge < -0.3 is 10.2 Å². The van der Waals surface area contributed by atoms with Crippen LogP contribution in [0, 0.1) is 6.92 Å². The minimum atomic E-state index is -4.17. The van der Waals surface area contributed by atoms with Crippen LogP contribution in [0.25, 0.3) is 0 Å². The summed E-state index contributed by atoms with van der Waals surface area (Å²) in [7, 11) is -4.17. The quantitative estimate of drug-likeness (QED) is 0.270. The molecule has 1 fully saturated rings. The number of para-hydroxylation sites is 1. The Morgan fingerprint density at radius 3 is 2.24 bits per heavy atom. The van der Waals surface area contributed by atoms with Gasteiger partial charge in [0, 0.05) is 17.1 Å². The number of rotatable bonds is 10. The number of benzene rings is 3. The molecule has 0 aromatic heterocycles. The topological polar surface area (TPSA) is 86.8 Å². The standard InChI is InChI=1S/C31H35BrClN3O4S/c1-22-12-18-27(19-13-22)41(39,40)36(29-11-7-6-10-28(29)33)21-30(37)35(20-24-14-16-25(32)17-15-24)23(2)31(38)34-26-8-4-3-5-9-26/h6-7,10-19,23,26H,3-5,8-9,20-21H2,1-2H3,(H,34,38)/t23-/m0/s1. The lowest BCUT2D eigenvalue weighted by Crippen LogP contribution is -2.53. The Morgan fingerprint density at radius 2 is 1.61 bits per heavy atom. The van der Waals surface area contributed by atoms with E-state index in [9.17, 15) is 18.0 Å². The van der Waals surface area contributed by atoms with Gasteiger partial charge in [-0.05, 0) is 68.7 Å². The van der Waals surface area contributed by atoms with E-state index in [2.05, 4.69) is 21.2 Å². The Kier molecular flexibility index (Phi) is 10.5. The molecule has 1 aliphatic rings. The van der Waals surface area contributed by atoms with Crippen LogP contribution >= 0.6 is 27.5 Å². The summed E-state index contributed by atoms with van der Waals surface area (Å²) in [6, 6.07) is 19.7. The van der Waals surface area contributed by atoms with Crippen molar-refractivity contribution in [3.05, 3.63) is 93.4 Å². The van der Waals surface area contributed by atoms with E-state index in [0.717, 1.165) is 52.0 Å². The number of carbonyl (C=O) groups excluding carboxylic acids is 2. The first-order valence-corrected chi connectivity index (χ1v) is 16.4. The highest BCUT2D eigenvalue weighted by atomic mass is 79.9. The van der Waals surface area contributed by atoms with Gasteiger partial charge >= 0.3 is 0 Å². The summed E-state index contributed by atoms with van der Waals surface area (Å²) < 4.78 is 29.8. The molecular formula is C31H35BrClN3O4S. The Labute approximate surface area is 256 Å². The lowest BCUT2D eigenvalue weighted by molar-refractivity contribution is -0.139. The summed E-state index contributed by atoms with van der Waals surface area (Å²) >= 11 is 9.90. The zero-order valence-electron chi connectivity index (χ0n) is 23.2. The predicted molar refractivity (Wildman–Crippen MR) is 166 cm³/mol. The van der Waals surface area contributed by atoms with Gasteiger partial charge in [-0.25, -0.2) is 8.42 Å². The number of amides is 2. The SMILES string of the molecule is Cc1ccc(S(=O)(=O)N(CC(=O)N(Cc2ccc(Br)cc2)[C@@H](C)C(=O)NC2CCCCC2)c2ccccc2Cl)cc1. The molecule has 0 radical (unpaired) electrons. The smallest absolute Gasteiger partial charge is 0.264 e. The summed E-state index contributed by atoms with van der Waals surface area (Å²) in [5.74, 6) is -0.775. The lowest BCUT2D eigenvalue weighted by Gasteiger charge is -2.33. The number of sulfonamides is 1. The second kappa shape index (κ2) is 13.9. The van der Waals surface area contributed by atoms with Gasteiger partial charge in [-0.15, -0.1) is 0 Å². The molecule has 1 N–H and O–H groups in total. The van der Waals surface area contributed by atoms with Gasteiger partial charge in [0.1, 0.15) is 12.6 Å². The molecule has 0 saturated heterocycles. The Morgan fingerprint density at radius 1 is 0.976 bits per heavy atom. The summed E-state index contributed by atoms with van der Waals surface area (Å²) in [6.45, 7) is 3.15. The van der Waals surface area contributed by atoms with E-state index in [1.807, 2.05) is 31.2 Å². The molecule has 1 saturated carbocycles. The minimum absolute atomic E-state index is 0.0402. The first-order chi connectivity index (χ1) is 19.6. The van der Waals surface area contributed by atoms with Crippen molar-refractivity contribution in [2.24, 2.45) is 0 Å². The van der Waals surface area contributed by atoms with Crippen molar-refractivity contribution in [1.29, 1.82) is 0 Å². The molecule has 10 heteroatoms. The highest BCUT2D eigenvalue weighted by Gasteiger charge is 2.34. The largest absolute Gasteiger partial charge is 0.352 e. The van der Waals surface area contributed by atoms with Crippen LogP contribution in [0.4, 0.5) is 5.69 Å². The normalized spacial score (nSPS) is 14.7. The lowest BCUT2D eigenvalue weighted by atomic mass is 9.95. The molecular weight excluding hydrogens is 626 g/mol. The Bertz CT molecular complexity index is 1460. The second-order valence-electron chi connectivity index (χ2n) is 10.4. The van der Waals surface area contributed by atoms with Crippen molar-refractivity contribution in [3.8, 4) is 0 Å². The Balaban J connectivity index is 1.68. The third-order valence-electron chi connectivity index (χ3n) is 7.39. The molecule has 1 atom stereocenters. The molecule has 0 aliphatic heterocycles. The maximum atomic E-state index is 14.1. The predicted octanol–water partition coefficient (Wildman–Crippen LogP) is 6.47. The van der Waals surface area contributed by atoms with E-state index in [1.54, 1.807) is 43.3 Å². The fourth-order valence-electron chi connectivity index (χ4n) is 4.94. The van der Waals surface area contributed by atoms with Gasteiger partial charge in [-0.2, -0.15) is 0 Å². The van der Waals surface area contributed by atoms with E-state index >= 15 is 0 Å². The van der Waals surface area contributed by atoms with Crippen LogP contribution in [0.1, 0.15) is 50.2 Å². The van der Waals surface area contributed by atoms with Gasteiger partial charge in [0.2, 0.25) is 11.8 Å². The maximum absolute atomic E-state index is 14.1. The number of halogens is 2. The molecule has 0 spiro atoms. The number of nitrogens with one attached hydrogen (secondary N) is 1. The first kappa shape index (κ1) is 31.1. The highest BCUT2D eigenvalue weighted by molar-refractivity contribution is 9.10. The van der Waals surface area contributed by atoms with Crippen LogP contribution in [0.5, 0.6) is 0 Å². The van der Waals surface area contributed by atoms with Crippen molar-refractivity contribution in [1.82, 2.24) is 10.2 Å². The van der Waals surface area contributed by atoms with Crippen molar-refractivity contribution < 1.29 is 18.0 Å². The second-order valence-corrected chi connectivity index (χ2v) is 13.6. The first-order valence-electron chi connectivity index (χ1n) is 13.7. The molecule has 218 valence electrons. The summed E-state index contributed by atoms with van der Waals surface area (Å²) in [4.78, 5) is 28.9. The number of anilines is 1. The third-order valence-corrected chi connectivity index (χ3v) is 10.0. The van der Waals surface area contributed by atoms with Crippen molar-refractivity contribution >= 4 is 55.1 Å². The molecule has 4 rings (SSSR count). The summed E-state index contributed by atoms with van der Waals surface area (Å²) in [6.07, 6.45) is 5.10. The fraction of sp³-hybridized carbons (Fsp3) is 0.355. The molecule has 41 heavy (non-hydrogen) atoms. The number of hydrogen-bond acceptors (Lipinski definition) is 4. The fourth-order valence-corrected chi connectivity index (χ4v) is 6.93. The molecule has 0 unspecified atom stereocenters. The average molecular weight is 661 g/mol. The molecule has 0 bridgehead atoms. The number of aryl methyl sites for hydroxylation is 1. The van der Waals surface area contributed by atoms with Crippen molar-refractivity contribution in [2.75, 3.05) is 10.8 Å². The molecule has 2 amide bonds. The zero-order chi connectivity index (χ0) is 29.6. The van der Waals surface area contributed by atoms with Gasteiger partial charge in [0.15, 0.2) is 0 Å².